The van der Waals surface area contributed by atoms with Gasteiger partial charge in [0, 0.05) is 6.42 Å². The molecule has 0 aromatic heterocycles. The van der Waals surface area contributed by atoms with Gasteiger partial charge in [-0.25, -0.2) is 0 Å². The molecular formula is C50H97NO3. The van der Waals surface area contributed by atoms with Gasteiger partial charge < -0.3 is 15.5 Å². The number of hydrogen-bond donors (Lipinski definition) is 3. The van der Waals surface area contributed by atoms with Crippen LogP contribution in [0.25, 0.3) is 0 Å². The number of carbonyl (C=O) groups is 1. The number of hydrogen-bond acceptors (Lipinski definition) is 3. The van der Waals surface area contributed by atoms with Crippen LogP contribution in [0.2, 0.25) is 0 Å². The minimum Gasteiger partial charge on any atom is -0.394 e. The lowest BCUT2D eigenvalue weighted by Gasteiger charge is -2.22. The van der Waals surface area contributed by atoms with Crippen molar-refractivity contribution in [1.29, 1.82) is 0 Å². The average molecular weight is 760 g/mol. The highest BCUT2D eigenvalue weighted by Gasteiger charge is 2.20. The lowest BCUT2D eigenvalue weighted by molar-refractivity contribution is -0.123. The van der Waals surface area contributed by atoms with Crippen molar-refractivity contribution in [3.63, 3.8) is 0 Å². The third-order valence-corrected chi connectivity index (χ3v) is 11.5. The van der Waals surface area contributed by atoms with E-state index >= 15 is 0 Å². The van der Waals surface area contributed by atoms with Crippen LogP contribution in [0.4, 0.5) is 0 Å². The van der Waals surface area contributed by atoms with Crippen molar-refractivity contribution in [3.05, 3.63) is 24.3 Å². The van der Waals surface area contributed by atoms with E-state index in [1.807, 2.05) is 0 Å². The zero-order valence-corrected chi connectivity index (χ0v) is 36.8. The Morgan fingerprint density at radius 1 is 0.444 bits per heavy atom. The van der Waals surface area contributed by atoms with E-state index in [0.717, 1.165) is 32.1 Å². The summed E-state index contributed by atoms with van der Waals surface area (Å²) in [6.07, 6.45) is 59.9. The molecule has 0 rings (SSSR count). The molecule has 0 fully saturated rings. The van der Waals surface area contributed by atoms with Crippen LogP contribution in [0.15, 0.2) is 24.3 Å². The maximum Gasteiger partial charge on any atom is 0.220 e. The number of allylic oxidation sites excluding steroid dienone is 4. The Balaban J connectivity index is 3.45. The maximum absolute atomic E-state index is 12.4. The van der Waals surface area contributed by atoms with Crippen LogP contribution in [0.3, 0.4) is 0 Å². The SMILES string of the molecule is CCCCCCCCCCC/C=C\C/C=C\CCCCCCCCCCCCCCCC(=O)NC(CO)C(O)CCCCCCCCCCCCCCC. The van der Waals surface area contributed by atoms with Crippen molar-refractivity contribution in [2.24, 2.45) is 0 Å². The van der Waals surface area contributed by atoms with Gasteiger partial charge in [-0.15, -0.1) is 0 Å². The molecule has 0 spiro atoms. The first kappa shape index (κ1) is 52.9. The van der Waals surface area contributed by atoms with Crippen molar-refractivity contribution < 1.29 is 15.0 Å². The van der Waals surface area contributed by atoms with E-state index in [2.05, 4.69) is 43.5 Å². The second-order valence-corrected chi connectivity index (χ2v) is 16.9. The van der Waals surface area contributed by atoms with Gasteiger partial charge in [0.25, 0.3) is 0 Å². The summed E-state index contributed by atoms with van der Waals surface area (Å²) in [4.78, 5) is 12.4. The summed E-state index contributed by atoms with van der Waals surface area (Å²) in [5.74, 6) is -0.0302. The number of aliphatic hydroxyl groups is 2. The number of rotatable bonds is 45. The molecule has 0 aliphatic rings. The summed E-state index contributed by atoms with van der Waals surface area (Å²) in [6.45, 7) is 4.37. The van der Waals surface area contributed by atoms with Gasteiger partial charge in [-0.2, -0.15) is 0 Å². The first-order valence-corrected chi connectivity index (χ1v) is 24.5. The smallest absolute Gasteiger partial charge is 0.220 e. The number of amides is 1. The third-order valence-electron chi connectivity index (χ3n) is 11.5. The Hall–Kier alpha value is -1.13. The first-order chi connectivity index (χ1) is 26.7. The summed E-state index contributed by atoms with van der Waals surface area (Å²) >= 11 is 0. The summed E-state index contributed by atoms with van der Waals surface area (Å²) in [7, 11) is 0. The van der Waals surface area contributed by atoms with Crippen LogP contribution >= 0.6 is 0 Å². The maximum atomic E-state index is 12.4. The van der Waals surface area contributed by atoms with E-state index in [1.165, 1.54) is 212 Å². The van der Waals surface area contributed by atoms with Crippen molar-refractivity contribution in [1.82, 2.24) is 5.32 Å². The van der Waals surface area contributed by atoms with E-state index < -0.39 is 12.1 Å². The molecule has 0 aromatic rings. The second kappa shape index (κ2) is 46.3. The van der Waals surface area contributed by atoms with Crippen LogP contribution in [0, 0.1) is 0 Å². The molecule has 0 saturated carbocycles. The van der Waals surface area contributed by atoms with Crippen LogP contribution in [0.5, 0.6) is 0 Å². The molecule has 0 aliphatic heterocycles. The fourth-order valence-corrected chi connectivity index (χ4v) is 7.69. The normalized spacial score (nSPS) is 13.0. The molecule has 320 valence electrons. The van der Waals surface area contributed by atoms with Gasteiger partial charge in [-0.3, -0.25) is 4.79 Å². The topological polar surface area (TPSA) is 69.6 Å². The van der Waals surface area contributed by atoms with Gasteiger partial charge in [-0.1, -0.05) is 244 Å². The molecule has 54 heavy (non-hydrogen) atoms. The molecule has 4 heteroatoms. The minimum atomic E-state index is -0.657. The van der Waals surface area contributed by atoms with Crippen molar-refractivity contribution in [3.8, 4) is 0 Å². The lowest BCUT2D eigenvalue weighted by atomic mass is 10.0. The Morgan fingerprint density at radius 3 is 1.11 bits per heavy atom. The second-order valence-electron chi connectivity index (χ2n) is 16.9. The van der Waals surface area contributed by atoms with Gasteiger partial charge in [0.1, 0.15) is 0 Å². The summed E-state index contributed by atoms with van der Waals surface area (Å²) in [5, 5.41) is 23.2. The molecule has 0 aliphatic carbocycles. The third kappa shape index (κ3) is 42.0. The van der Waals surface area contributed by atoms with E-state index in [1.54, 1.807) is 0 Å². The van der Waals surface area contributed by atoms with Gasteiger partial charge in [0.05, 0.1) is 18.8 Å². The molecule has 0 heterocycles. The van der Waals surface area contributed by atoms with Crippen LogP contribution in [-0.4, -0.2) is 34.9 Å². The quantitative estimate of drug-likeness (QED) is 0.0428. The fourth-order valence-electron chi connectivity index (χ4n) is 7.69. The van der Waals surface area contributed by atoms with Crippen molar-refractivity contribution in [2.45, 2.75) is 283 Å². The predicted molar refractivity (Wildman–Crippen MR) is 239 cm³/mol. The largest absolute Gasteiger partial charge is 0.394 e. The zero-order chi connectivity index (χ0) is 39.3. The van der Waals surface area contributed by atoms with Gasteiger partial charge in [0.2, 0.25) is 5.91 Å². The Bertz CT molecular complexity index is 780. The van der Waals surface area contributed by atoms with Crippen molar-refractivity contribution in [2.75, 3.05) is 6.61 Å². The zero-order valence-electron chi connectivity index (χ0n) is 36.8. The van der Waals surface area contributed by atoms with E-state index in [4.69, 9.17) is 0 Å². The fraction of sp³-hybridized carbons (Fsp3) is 0.900. The molecule has 0 radical (unpaired) electrons. The highest BCUT2D eigenvalue weighted by Crippen LogP contribution is 2.16. The molecule has 0 aromatic carbocycles. The molecule has 4 nitrogen and oxygen atoms in total. The highest BCUT2D eigenvalue weighted by atomic mass is 16.3. The molecule has 1 amide bonds. The van der Waals surface area contributed by atoms with Crippen LogP contribution in [-0.2, 0) is 4.79 Å². The summed E-state index contributed by atoms with van der Waals surface area (Å²) < 4.78 is 0. The average Bonchev–Trinajstić information content (AvgIpc) is 3.18. The van der Waals surface area contributed by atoms with E-state index in [0.29, 0.717) is 12.8 Å². The first-order valence-electron chi connectivity index (χ1n) is 24.5. The molecule has 0 saturated heterocycles. The molecule has 3 N–H and O–H groups in total. The monoisotopic (exact) mass is 760 g/mol. The Kier molecular flexibility index (Phi) is 45.3. The number of aliphatic hydroxyl groups excluding tert-OH is 2. The summed E-state index contributed by atoms with van der Waals surface area (Å²) in [5.41, 5.74) is 0. The molecular weight excluding hydrogens is 663 g/mol. The Morgan fingerprint density at radius 2 is 0.759 bits per heavy atom. The van der Waals surface area contributed by atoms with E-state index in [9.17, 15) is 15.0 Å². The highest BCUT2D eigenvalue weighted by molar-refractivity contribution is 5.76. The van der Waals surface area contributed by atoms with Crippen molar-refractivity contribution >= 4 is 5.91 Å². The number of unbranched alkanes of at least 4 members (excludes halogenated alkanes) is 34. The molecule has 0 bridgehead atoms. The van der Waals surface area contributed by atoms with Gasteiger partial charge >= 0.3 is 0 Å². The van der Waals surface area contributed by atoms with Gasteiger partial charge in [0.15, 0.2) is 0 Å². The summed E-state index contributed by atoms with van der Waals surface area (Å²) in [6, 6.07) is -0.534. The Labute approximate surface area is 339 Å². The predicted octanol–water partition coefficient (Wildman–Crippen LogP) is 15.6. The molecule has 2 unspecified atom stereocenters. The van der Waals surface area contributed by atoms with Crippen LogP contribution < -0.4 is 5.32 Å². The van der Waals surface area contributed by atoms with Gasteiger partial charge in [-0.05, 0) is 44.9 Å². The number of nitrogens with one attached hydrogen (secondary N) is 1. The number of carbonyl (C=O) groups excluding carboxylic acids is 1. The lowest BCUT2D eigenvalue weighted by Crippen LogP contribution is -2.45. The standard InChI is InChI=1S/C50H97NO3/c1-3-5-7-9-11-13-15-17-18-19-20-21-22-23-24-25-26-27-28-29-30-31-32-34-36-38-40-42-44-46-50(54)51-48(47-52)49(53)45-43-41-39-37-35-33-16-14-12-10-8-6-4-2/h20-21,23-24,48-49,52-53H,3-19,22,25-47H2,1-2H3,(H,51,54)/b21-20-,24-23-. The van der Waals surface area contributed by atoms with E-state index in [-0.39, 0.29) is 12.5 Å². The minimum absolute atomic E-state index is 0.0302. The van der Waals surface area contributed by atoms with Crippen LogP contribution in [0.1, 0.15) is 271 Å². The molecule has 2 atom stereocenters.